The van der Waals surface area contributed by atoms with Gasteiger partial charge in [0.2, 0.25) is 0 Å². The number of fused-ring (bicyclic) bond motifs is 2. The molecule has 2 atom stereocenters. The predicted octanol–water partition coefficient (Wildman–Crippen LogP) is 3.18. The van der Waals surface area contributed by atoms with E-state index in [1.54, 1.807) is 19.4 Å². The number of methoxy groups -OCH3 is 1. The largest absolute Gasteiger partial charge is 0.464 e. The summed E-state index contributed by atoms with van der Waals surface area (Å²) in [6.45, 7) is 5.72. The first-order valence-corrected chi connectivity index (χ1v) is 11.6. The molecule has 8 heteroatoms. The van der Waals surface area contributed by atoms with Crippen molar-refractivity contribution in [1.82, 2.24) is 19.8 Å². The lowest BCUT2D eigenvalue weighted by molar-refractivity contribution is 0.00590. The minimum absolute atomic E-state index is 0. The zero-order chi connectivity index (χ0) is 22.8. The van der Waals surface area contributed by atoms with Gasteiger partial charge in [-0.25, -0.2) is 4.98 Å². The van der Waals surface area contributed by atoms with Crippen LogP contribution in [-0.2, 0) is 11.3 Å². The number of piperidine rings is 1. The van der Waals surface area contributed by atoms with E-state index in [0.717, 1.165) is 55.7 Å². The van der Waals surface area contributed by atoms with Crippen LogP contribution < -0.4 is 5.32 Å². The fourth-order valence-electron chi connectivity index (χ4n) is 4.94. The molecular weight excluding hydrogens is 432 g/mol. The summed E-state index contributed by atoms with van der Waals surface area (Å²) < 4.78 is 13.6. The van der Waals surface area contributed by atoms with Crippen LogP contribution in [0.3, 0.4) is 0 Å². The van der Waals surface area contributed by atoms with E-state index in [0.29, 0.717) is 11.1 Å². The number of ether oxygens (including phenoxy) is 1. The fourth-order valence-corrected chi connectivity index (χ4v) is 4.94. The molecule has 180 valence electrons. The Morgan fingerprint density at radius 3 is 2.88 bits per heavy atom. The second kappa shape index (κ2) is 10.4. The number of benzene rings is 2. The van der Waals surface area contributed by atoms with Gasteiger partial charge in [-0.2, -0.15) is 0 Å². The van der Waals surface area contributed by atoms with Gasteiger partial charge in [-0.3, -0.25) is 4.79 Å². The molecule has 1 amide bonds. The number of rotatable bonds is 7. The number of nitrogens with one attached hydrogen (secondary N) is 1. The number of likely N-dealkylation sites (tertiary alicyclic amines) is 1. The van der Waals surface area contributed by atoms with E-state index >= 15 is 0 Å². The quantitative estimate of drug-likeness (QED) is 0.452. The highest BCUT2D eigenvalue weighted by Gasteiger charge is 2.31. The Labute approximate surface area is 198 Å². The number of nitrogens with zero attached hydrogens (tertiary/aromatic N) is 3. The monoisotopic (exact) mass is 464 g/mol. The van der Waals surface area contributed by atoms with Crippen LogP contribution in [-0.4, -0.2) is 64.7 Å². The van der Waals surface area contributed by atoms with Crippen LogP contribution in [0.15, 0.2) is 59.2 Å². The molecule has 2 aromatic carbocycles. The molecule has 34 heavy (non-hydrogen) atoms. The maximum absolute atomic E-state index is 13.0. The van der Waals surface area contributed by atoms with Gasteiger partial charge in [0.25, 0.3) is 5.91 Å². The topological polar surface area (TPSA) is 104 Å². The van der Waals surface area contributed by atoms with E-state index in [-0.39, 0.29) is 23.5 Å². The van der Waals surface area contributed by atoms with Crippen molar-refractivity contribution in [3.05, 3.63) is 66.2 Å². The van der Waals surface area contributed by atoms with E-state index in [2.05, 4.69) is 44.9 Å². The summed E-state index contributed by atoms with van der Waals surface area (Å²) in [5.41, 5.74) is 3.44. The van der Waals surface area contributed by atoms with Gasteiger partial charge in [-0.1, -0.05) is 24.3 Å². The number of hydrogen-bond acceptors (Lipinski definition) is 5. The molecule has 4 aromatic rings. The first-order chi connectivity index (χ1) is 16.1. The number of para-hydroxylation sites is 3. The van der Waals surface area contributed by atoms with Gasteiger partial charge in [0, 0.05) is 32.1 Å². The second-order valence-corrected chi connectivity index (χ2v) is 8.74. The molecule has 5 rings (SSSR count). The van der Waals surface area contributed by atoms with E-state index in [1.165, 1.54) is 5.52 Å². The number of aromatic nitrogens is 2. The smallest absolute Gasteiger partial charge is 0.255 e. The Bertz CT molecular complexity index is 1260. The van der Waals surface area contributed by atoms with E-state index in [4.69, 9.17) is 9.15 Å². The van der Waals surface area contributed by atoms with Crippen molar-refractivity contribution in [2.75, 3.05) is 26.7 Å². The summed E-state index contributed by atoms with van der Waals surface area (Å²) in [5.74, 6) is 0.942. The standard InChI is InChI=1S/C26H30N4O3.H2O/c1-18-27-21-9-3-4-10-23(21)30(18)14-6-13-29-15-11-22(24(17-29)32-2)28-26(31)20-8-5-7-19-12-16-33-25(19)20;/h3-5,7-10,12,16,22,24H,6,11,13-15,17H2,1-2H3,(H,28,31);1H2. The van der Waals surface area contributed by atoms with Crippen molar-refractivity contribution in [2.24, 2.45) is 0 Å². The Balaban J connectivity index is 0.00000274. The molecule has 1 fully saturated rings. The third-order valence-corrected chi connectivity index (χ3v) is 6.69. The third kappa shape index (κ3) is 4.70. The molecule has 0 radical (unpaired) electrons. The number of carbonyl (C=O) groups excluding carboxylic acids is 1. The normalized spacial score (nSPS) is 18.8. The van der Waals surface area contributed by atoms with Gasteiger partial charge >= 0.3 is 0 Å². The van der Waals surface area contributed by atoms with Crippen molar-refractivity contribution in [2.45, 2.75) is 38.5 Å². The number of imidazole rings is 1. The minimum Gasteiger partial charge on any atom is -0.464 e. The number of hydrogen-bond donors (Lipinski definition) is 1. The molecule has 1 aliphatic rings. The molecule has 3 N–H and O–H groups in total. The Morgan fingerprint density at radius 1 is 1.18 bits per heavy atom. The first kappa shape index (κ1) is 23.9. The Morgan fingerprint density at radius 2 is 2.03 bits per heavy atom. The molecule has 0 spiro atoms. The first-order valence-electron chi connectivity index (χ1n) is 11.6. The van der Waals surface area contributed by atoms with Crippen LogP contribution in [0.4, 0.5) is 0 Å². The summed E-state index contributed by atoms with van der Waals surface area (Å²) in [6.07, 6.45) is 3.46. The van der Waals surface area contributed by atoms with Crippen LogP contribution >= 0.6 is 0 Å². The zero-order valence-electron chi connectivity index (χ0n) is 19.7. The van der Waals surface area contributed by atoms with Crippen molar-refractivity contribution >= 4 is 27.9 Å². The van der Waals surface area contributed by atoms with Crippen LogP contribution in [0.5, 0.6) is 0 Å². The van der Waals surface area contributed by atoms with Gasteiger partial charge in [-0.15, -0.1) is 0 Å². The molecule has 0 aliphatic carbocycles. The Hall–Kier alpha value is -3.20. The fraction of sp³-hybridized carbons (Fsp3) is 0.385. The molecule has 1 saturated heterocycles. The second-order valence-electron chi connectivity index (χ2n) is 8.74. The lowest BCUT2D eigenvalue weighted by Gasteiger charge is -2.38. The summed E-state index contributed by atoms with van der Waals surface area (Å²) in [7, 11) is 1.72. The van der Waals surface area contributed by atoms with Gasteiger partial charge in [0.15, 0.2) is 0 Å². The highest BCUT2D eigenvalue weighted by atomic mass is 16.5. The van der Waals surface area contributed by atoms with Gasteiger partial charge < -0.3 is 29.4 Å². The van der Waals surface area contributed by atoms with E-state index in [9.17, 15) is 4.79 Å². The minimum atomic E-state index is -0.112. The number of aryl methyl sites for hydroxylation is 2. The highest BCUT2D eigenvalue weighted by Crippen LogP contribution is 2.22. The number of amides is 1. The van der Waals surface area contributed by atoms with Crippen LogP contribution in [0.25, 0.3) is 22.0 Å². The summed E-state index contributed by atoms with van der Waals surface area (Å²) in [5, 5.41) is 4.11. The van der Waals surface area contributed by atoms with Crippen molar-refractivity contribution in [3.8, 4) is 0 Å². The molecule has 0 bridgehead atoms. The van der Waals surface area contributed by atoms with Crippen LogP contribution in [0, 0.1) is 6.92 Å². The molecule has 1 aliphatic heterocycles. The Kier molecular flexibility index (Phi) is 7.31. The van der Waals surface area contributed by atoms with E-state index in [1.807, 2.05) is 24.3 Å². The lowest BCUT2D eigenvalue weighted by Crippen LogP contribution is -2.55. The van der Waals surface area contributed by atoms with Gasteiger partial charge in [0.05, 0.1) is 35.0 Å². The summed E-state index contributed by atoms with van der Waals surface area (Å²) in [6, 6.07) is 15.8. The van der Waals surface area contributed by atoms with Crippen LogP contribution in [0.1, 0.15) is 29.0 Å². The summed E-state index contributed by atoms with van der Waals surface area (Å²) >= 11 is 0. The van der Waals surface area contributed by atoms with Crippen LogP contribution in [0.2, 0.25) is 0 Å². The average molecular weight is 465 g/mol. The molecule has 8 nitrogen and oxygen atoms in total. The zero-order valence-corrected chi connectivity index (χ0v) is 19.7. The third-order valence-electron chi connectivity index (χ3n) is 6.69. The maximum atomic E-state index is 13.0. The number of furan rings is 1. The van der Waals surface area contributed by atoms with Crippen molar-refractivity contribution in [3.63, 3.8) is 0 Å². The van der Waals surface area contributed by atoms with Gasteiger partial charge in [0.1, 0.15) is 11.4 Å². The highest BCUT2D eigenvalue weighted by molar-refractivity contribution is 6.05. The molecule has 2 unspecified atom stereocenters. The molecular formula is C26H32N4O4. The van der Waals surface area contributed by atoms with Crippen molar-refractivity contribution < 1.29 is 19.4 Å². The SMILES string of the molecule is COC1CN(CCCn2c(C)nc3ccccc32)CCC1NC(=O)c1cccc2ccoc12.O. The molecule has 3 heterocycles. The molecule has 0 saturated carbocycles. The average Bonchev–Trinajstić information content (AvgIpc) is 3.44. The predicted molar refractivity (Wildman–Crippen MR) is 132 cm³/mol. The van der Waals surface area contributed by atoms with E-state index < -0.39 is 0 Å². The molecule has 2 aromatic heterocycles. The number of carbonyl (C=O) groups is 1. The van der Waals surface area contributed by atoms with Crippen molar-refractivity contribution in [1.29, 1.82) is 0 Å². The van der Waals surface area contributed by atoms with Gasteiger partial charge in [-0.05, 0) is 50.6 Å². The lowest BCUT2D eigenvalue weighted by atomic mass is 10.0. The summed E-state index contributed by atoms with van der Waals surface area (Å²) in [4.78, 5) is 20.1. The maximum Gasteiger partial charge on any atom is 0.255 e.